The van der Waals surface area contributed by atoms with Crippen molar-refractivity contribution in [2.24, 2.45) is 35.5 Å². The highest BCUT2D eigenvalue weighted by Crippen LogP contribution is 2.41. The van der Waals surface area contributed by atoms with Gasteiger partial charge in [-0.2, -0.15) is 0 Å². The molecule has 3 N–H and O–H groups in total. The van der Waals surface area contributed by atoms with Crippen molar-refractivity contribution in [1.29, 1.82) is 0 Å². The van der Waals surface area contributed by atoms with Crippen molar-refractivity contribution >= 4 is 89.9 Å². The van der Waals surface area contributed by atoms with Crippen LogP contribution < -0.4 is 16.0 Å². The third kappa shape index (κ3) is 36.5. The van der Waals surface area contributed by atoms with Crippen molar-refractivity contribution in [2.75, 3.05) is 100 Å². The summed E-state index contributed by atoms with van der Waals surface area (Å²) >= 11 is 0. The van der Waals surface area contributed by atoms with Crippen LogP contribution in [0.1, 0.15) is 125 Å². The van der Waals surface area contributed by atoms with Crippen molar-refractivity contribution in [1.82, 2.24) is 16.0 Å². The predicted octanol–water partition coefficient (Wildman–Crippen LogP) is 3.16. The summed E-state index contributed by atoms with van der Waals surface area (Å²) in [7, 11) is 4.32. The SMILES string of the molecule is C=CC(=O)OCCNC(=O)OCC1OC(OC2C(COC(C)=O)OC(C)C(OC(C)=O)C2C)C(OC(C)=O)C(C)C1OC.C=CC(=O)OCCNC(=O)OCC1OC(OC2C(COC(C)=O)OC(C)C(OC(C)=O)C2C)C(OC(C)=O)C(C)C1OC.C=CC(=O)OCCNC(=O)OCC1OC(OC2C(COC(C)=O)OC(C)C(OC(C)=O)C2C)C(OC(C)=O)C(C)C1OC. The molecule has 0 aliphatic carbocycles. The molecule has 0 saturated carbocycles. The third-order valence-corrected chi connectivity index (χ3v) is 21.0. The summed E-state index contributed by atoms with van der Waals surface area (Å²) in [6.45, 7) is 35.5. The van der Waals surface area contributed by atoms with E-state index >= 15 is 0 Å². The second kappa shape index (κ2) is 56.0. The summed E-state index contributed by atoms with van der Waals surface area (Å²) in [4.78, 5) is 177. The summed E-state index contributed by atoms with van der Waals surface area (Å²) in [5.74, 6) is -9.69. The van der Waals surface area contributed by atoms with E-state index in [0.29, 0.717) is 0 Å². The van der Waals surface area contributed by atoms with Crippen LogP contribution in [0.2, 0.25) is 0 Å². The Balaban J connectivity index is 0.000000405. The molecule has 129 heavy (non-hydrogen) atoms. The molecule has 6 rings (SSSR count). The molecule has 6 fully saturated rings. The summed E-state index contributed by atoms with van der Waals surface area (Å²) in [6.07, 6.45) is -19.2. The number of esters is 12. The average molecular weight is 1850 g/mol. The molecule has 0 aromatic rings. The molecule has 30 atom stereocenters. The van der Waals surface area contributed by atoms with E-state index in [1.54, 1.807) is 62.3 Å². The van der Waals surface area contributed by atoms with E-state index in [1.807, 2.05) is 0 Å². The Hall–Kier alpha value is -9.81. The Morgan fingerprint density at radius 2 is 0.450 bits per heavy atom. The highest BCUT2D eigenvalue weighted by molar-refractivity contribution is 5.82. The molecule has 6 aliphatic heterocycles. The zero-order valence-electron chi connectivity index (χ0n) is 76.8. The summed E-state index contributed by atoms with van der Waals surface area (Å²) < 4.78 is 152. The van der Waals surface area contributed by atoms with E-state index in [2.05, 4.69) is 35.7 Å². The number of carbonyl (C=O) groups excluding carboxylic acids is 15. The number of nitrogens with one attached hydrogen (secondary N) is 3. The lowest BCUT2D eigenvalue weighted by Crippen LogP contribution is -2.62. The molecule has 45 heteroatoms. The molecule has 0 spiro atoms. The van der Waals surface area contributed by atoms with E-state index in [0.717, 1.165) is 18.2 Å². The van der Waals surface area contributed by atoms with Crippen LogP contribution in [-0.4, -0.2) is 337 Å². The molecular formula is C84H129N3O42. The number of methoxy groups -OCH3 is 3. The van der Waals surface area contributed by atoms with Gasteiger partial charge in [0.2, 0.25) is 0 Å². The molecular weight excluding hydrogens is 1720 g/mol. The molecule has 0 radical (unpaired) electrons. The second-order valence-electron chi connectivity index (χ2n) is 30.9. The van der Waals surface area contributed by atoms with Gasteiger partial charge >= 0.3 is 89.9 Å². The van der Waals surface area contributed by atoms with Gasteiger partial charge in [-0.15, -0.1) is 0 Å². The Morgan fingerprint density at radius 1 is 0.256 bits per heavy atom. The maximum Gasteiger partial charge on any atom is 0.407 e. The van der Waals surface area contributed by atoms with Crippen LogP contribution in [0.4, 0.5) is 14.4 Å². The molecule has 0 aromatic heterocycles. The van der Waals surface area contributed by atoms with E-state index in [4.69, 9.17) is 128 Å². The Kier molecular flexibility index (Phi) is 48.4. The minimum Gasteiger partial charge on any atom is -0.463 e. The van der Waals surface area contributed by atoms with Gasteiger partial charge in [-0.3, -0.25) is 43.2 Å². The quantitative estimate of drug-likeness (QED) is 0.0344. The Labute approximate surface area is 748 Å². The van der Waals surface area contributed by atoms with Crippen LogP contribution in [-0.2, 0) is 185 Å². The van der Waals surface area contributed by atoms with Gasteiger partial charge in [-0.1, -0.05) is 61.3 Å². The number of hydrogen-bond donors (Lipinski definition) is 3. The second-order valence-corrected chi connectivity index (χ2v) is 30.9. The van der Waals surface area contributed by atoms with Crippen molar-refractivity contribution in [3.05, 3.63) is 38.0 Å². The first kappa shape index (κ1) is 112. The topological polar surface area (TPSA) is 541 Å². The molecule has 0 aromatic carbocycles. The fourth-order valence-electron chi connectivity index (χ4n) is 15.3. The lowest BCUT2D eigenvalue weighted by Gasteiger charge is -2.48. The minimum absolute atomic E-state index is 0.000474. The zero-order valence-corrected chi connectivity index (χ0v) is 76.8. The average Bonchev–Trinajstić information content (AvgIpc) is 0.783. The molecule has 6 aliphatic rings. The zero-order chi connectivity index (χ0) is 96.8. The first-order valence-electron chi connectivity index (χ1n) is 41.9. The fourth-order valence-corrected chi connectivity index (χ4v) is 15.3. The first-order valence-corrected chi connectivity index (χ1v) is 41.9. The monoisotopic (exact) mass is 1850 g/mol. The highest BCUT2D eigenvalue weighted by Gasteiger charge is 2.56. The first-order chi connectivity index (χ1) is 60.8. The third-order valence-electron chi connectivity index (χ3n) is 21.0. The largest absolute Gasteiger partial charge is 0.463 e. The lowest BCUT2D eigenvalue weighted by molar-refractivity contribution is -0.331. The van der Waals surface area contributed by atoms with Crippen molar-refractivity contribution in [3.63, 3.8) is 0 Å². The van der Waals surface area contributed by atoms with Gasteiger partial charge in [0.15, 0.2) is 37.2 Å². The van der Waals surface area contributed by atoms with Crippen molar-refractivity contribution in [2.45, 2.75) is 272 Å². The van der Waals surface area contributed by atoms with Gasteiger partial charge in [0.25, 0.3) is 0 Å². The summed E-state index contributed by atoms with van der Waals surface area (Å²) in [5, 5.41) is 7.34. The highest BCUT2D eigenvalue weighted by atomic mass is 16.8. The van der Waals surface area contributed by atoms with Crippen LogP contribution >= 0.6 is 0 Å². The van der Waals surface area contributed by atoms with Gasteiger partial charge in [-0.05, 0) is 20.8 Å². The predicted molar refractivity (Wildman–Crippen MR) is 436 cm³/mol. The van der Waals surface area contributed by atoms with Crippen LogP contribution in [0.5, 0.6) is 0 Å². The molecule has 732 valence electrons. The van der Waals surface area contributed by atoms with Crippen LogP contribution in [0.3, 0.4) is 0 Å². The normalized spacial score (nSPS) is 32.1. The molecule has 6 heterocycles. The van der Waals surface area contributed by atoms with Crippen LogP contribution in [0, 0.1) is 35.5 Å². The lowest BCUT2D eigenvalue weighted by atomic mass is 9.87. The van der Waals surface area contributed by atoms with Crippen LogP contribution in [0.15, 0.2) is 38.0 Å². The Bertz CT molecular complexity index is 3330. The molecule has 3 amide bonds. The molecule has 6 saturated heterocycles. The van der Waals surface area contributed by atoms with Crippen molar-refractivity contribution in [3.8, 4) is 0 Å². The maximum absolute atomic E-state index is 12.3. The van der Waals surface area contributed by atoms with Gasteiger partial charge in [-0.25, -0.2) is 28.8 Å². The van der Waals surface area contributed by atoms with E-state index in [9.17, 15) is 71.9 Å². The number of amides is 3. The molecule has 45 nitrogen and oxygen atoms in total. The standard InChI is InChI=1S/3C28H43NO14/c3*1-9-22(33)36-11-10-29-28(34)38-13-20-24(35-8)15(3)26(41-19(7)32)27(42-20)43-25-14(2)23(40-18(6)31)16(4)39-21(25)12-37-17(5)30/h3*9,14-16,20-21,23-27H,1,10-13H2,2-8H3,(H,29,34). The van der Waals surface area contributed by atoms with Gasteiger partial charge in [0.1, 0.15) is 114 Å². The van der Waals surface area contributed by atoms with Crippen LogP contribution in [0.25, 0.3) is 0 Å². The number of alkyl carbamates (subject to hydrolysis) is 3. The van der Waals surface area contributed by atoms with E-state index in [-0.39, 0.29) is 79.1 Å². The number of rotatable bonds is 39. The summed E-state index contributed by atoms with van der Waals surface area (Å²) in [6, 6.07) is 0. The summed E-state index contributed by atoms with van der Waals surface area (Å²) in [5.41, 5.74) is 0. The van der Waals surface area contributed by atoms with Gasteiger partial charge in [0.05, 0.1) is 74.6 Å². The fraction of sp³-hybridized carbons (Fsp3) is 0.750. The van der Waals surface area contributed by atoms with Gasteiger partial charge in [0, 0.05) is 137 Å². The maximum atomic E-state index is 12.3. The van der Waals surface area contributed by atoms with Gasteiger partial charge < -0.3 is 144 Å². The number of ether oxygens (including phenoxy) is 27. The number of hydrogen-bond acceptors (Lipinski definition) is 42. The molecule has 30 unspecified atom stereocenters. The number of carbonyl (C=O) groups is 15. The minimum atomic E-state index is -1.21. The smallest absolute Gasteiger partial charge is 0.407 e. The van der Waals surface area contributed by atoms with Crippen molar-refractivity contribution < 1.29 is 200 Å². The Morgan fingerprint density at radius 3 is 0.643 bits per heavy atom. The van der Waals surface area contributed by atoms with E-state index < -0.39 is 272 Å². The molecule has 0 bridgehead atoms. The van der Waals surface area contributed by atoms with E-state index in [1.165, 1.54) is 83.6 Å².